The topological polar surface area (TPSA) is 115 Å². The Kier molecular flexibility index (Phi) is 11.2. The number of nitrogens with one attached hydrogen (secondary N) is 1. The largest absolute Gasteiger partial charge is 0.497 e. The number of nitrogens with zero attached hydrogens (tertiary/aromatic N) is 4. The van der Waals surface area contributed by atoms with Gasteiger partial charge in [-0.05, 0) is 97.0 Å². The summed E-state index contributed by atoms with van der Waals surface area (Å²) in [6.07, 6.45) is 1.35. The highest BCUT2D eigenvalue weighted by Gasteiger charge is 2.67. The molecule has 2 N–H and O–H groups in total. The number of hydrogen-bond acceptors (Lipinski definition) is 8. The normalized spacial score (nSPS) is 24.8. The summed E-state index contributed by atoms with van der Waals surface area (Å²) in [4.78, 5) is 53.6. The lowest BCUT2D eigenvalue weighted by Gasteiger charge is -2.39. The zero-order valence-corrected chi connectivity index (χ0v) is 38.8. The first-order chi connectivity index (χ1) is 31.5. The van der Waals surface area contributed by atoms with Gasteiger partial charge in [-0.3, -0.25) is 19.3 Å². The van der Waals surface area contributed by atoms with Crippen LogP contribution in [0.1, 0.15) is 48.4 Å². The van der Waals surface area contributed by atoms with Crippen LogP contribution in [0.3, 0.4) is 0 Å². The molecular weight excluding hydrogens is 831 g/mol. The molecule has 336 valence electrons. The van der Waals surface area contributed by atoms with Gasteiger partial charge in [0, 0.05) is 29.4 Å². The number of benzene rings is 5. The molecule has 0 radical (unpaired) electrons. The van der Waals surface area contributed by atoms with Crippen molar-refractivity contribution in [3.05, 3.63) is 150 Å². The lowest BCUT2D eigenvalue weighted by molar-refractivity contribution is -0.151. The number of piperidine rings is 1. The van der Waals surface area contributed by atoms with Gasteiger partial charge in [0.2, 0.25) is 5.91 Å². The van der Waals surface area contributed by atoms with Gasteiger partial charge >= 0.3 is 0 Å². The molecule has 5 aromatic carbocycles. The lowest BCUT2D eigenvalue weighted by atomic mass is 9.82. The molecule has 0 bridgehead atoms. The average molecular weight is 890 g/mol. The summed E-state index contributed by atoms with van der Waals surface area (Å²) in [5.41, 5.74) is 4.05. The van der Waals surface area contributed by atoms with E-state index in [1.165, 1.54) is 5.19 Å². The minimum absolute atomic E-state index is 0.0518. The number of fused-ring (bicyclic) bond motifs is 3. The van der Waals surface area contributed by atoms with Gasteiger partial charge in [0.25, 0.3) is 11.8 Å². The summed E-state index contributed by atoms with van der Waals surface area (Å²) in [5.74, 6) is 0.185. The van der Waals surface area contributed by atoms with Crippen molar-refractivity contribution < 1.29 is 29.0 Å². The van der Waals surface area contributed by atoms with Gasteiger partial charge in [-0.2, -0.15) is 0 Å². The van der Waals surface area contributed by atoms with Crippen molar-refractivity contribution in [3.63, 3.8) is 0 Å². The molecule has 3 amide bonds. The first-order valence-electron chi connectivity index (χ1n) is 23.2. The molecular formula is C53H59N5O6Si. The molecule has 2 spiro atoms. The van der Waals surface area contributed by atoms with E-state index in [0.717, 1.165) is 58.2 Å². The minimum atomic E-state index is -2.62. The van der Waals surface area contributed by atoms with Crippen LogP contribution in [0, 0.1) is 5.92 Å². The predicted octanol–water partition coefficient (Wildman–Crippen LogP) is 6.73. The summed E-state index contributed by atoms with van der Waals surface area (Å²) in [6, 6.07) is 42.2. The summed E-state index contributed by atoms with van der Waals surface area (Å²) in [5, 5.41) is 15.3. The Morgan fingerprint density at radius 3 is 2.22 bits per heavy atom. The fraction of sp³-hybridized carbons (Fsp3) is 0.377. The summed E-state index contributed by atoms with van der Waals surface area (Å²) in [7, 11) is -0.959. The zero-order chi connectivity index (χ0) is 45.1. The molecule has 0 unspecified atom stereocenters. The minimum Gasteiger partial charge on any atom is -0.497 e. The number of aliphatic hydroxyl groups excluding tert-OH is 1. The fourth-order valence-electron chi connectivity index (χ4n) is 12.1. The maximum atomic E-state index is 15.8. The second-order valence-corrected chi connectivity index (χ2v) is 23.9. The highest BCUT2D eigenvalue weighted by Crippen LogP contribution is 2.61. The predicted molar refractivity (Wildman–Crippen MR) is 256 cm³/mol. The van der Waals surface area contributed by atoms with Crippen LogP contribution in [-0.2, 0) is 44.2 Å². The molecule has 0 aliphatic carbocycles. The highest BCUT2D eigenvalue weighted by molar-refractivity contribution is 6.91. The van der Waals surface area contributed by atoms with Crippen LogP contribution in [0.15, 0.2) is 127 Å². The Labute approximate surface area is 383 Å². The fourth-order valence-corrected chi connectivity index (χ4v) is 16.1. The maximum absolute atomic E-state index is 15.8. The first-order valence-corrected chi connectivity index (χ1v) is 26.2. The molecule has 11 nitrogen and oxygen atoms in total. The Hall–Kier alpha value is -5.79. The number of ether oxygens (including phenoxy) is 2. The number of carbonyl (C=O) groups is 3. The summed E-state index contributed by atoms with van der Waals surface area (Å²) in [6.45, 7) is 9.21. The molecule has 5 heterocycles. The molecule has 12 heteroatoms. The number of anilines is 3. The van der Waals surface area contributed by atoms with E-state index >= 15 is 9.59 Å². The Morgan fingerprint density at radius 1 is 0.846 bits per heavy atom. The van der Waals surface area contributed by atoms with Gasteiger partial charge in [-0.15, -0.1) is 0 Å². The van der Waals surface area contributed by atoms with Crippen molar-refractivity contribution in [1.29, 1.82) is 0 Å². The Balaban J connectivity index is 1.09. The summed E-state index contributed by atoms with van der Waals surface area (Å²) < 4.78 is 13.1. The van der Waals surface area contributed by atoms with E-state index in [9.17, 15) is 9.90 Å². The SMILES string of the molecule is COc1ccc([Si](C)(C)[C@@H]2[C@@H](CC(=O)N3Cc4ccccc4C[C@H]3CO)O[C@]3(C(=O)N(Cc4ccccc4)c4ccc(N5CN(c6ccccc6)C6(CCNCC6)C5=O)cc43)[C@H]2C)cc1. The summed E-state index contributed by atoms with van der Waals surface area (Å²) >= 11 is 0. The Bertz CT molecular complexity index is 2590. The van der Waals surface area contributed by atoms with E-state index in [4.69, 9.17) is 9.47 Å². The smallest absolute Gasteiger partial charge is 0.264 e. The third kappa shape index (κ3) is 7.08. The quantitative estimate of drug-likeness (QED) is 0.149. The number of methoxy groups -OCH3 is 1. The van der Waals surface area contributed by atoms with E-state index in [1.807, 2.05) is 106 Å². The number of amides is 3. The number of para-hydroxylation sites is 1. The lowest BCUT2D eigenvalue weighted by Crippen LogP contribution is -2.55. The number of hydrogen-bond donors (Lipinski definition) is 2. The molecule has 65 heavy (non-hydrogen) atoms. The maximum Gasteiger partial charge on any atom is 0.264 e. The molecule has 10 rings (SSSR count). The van der Waals surface area contributed by atoms with E-state index in [1.54, 1.807) is 7.11 Å². The van der Waals surface area contributed by atoms with Crippen LogP contribution in [0.2, 0.25) is 18.6 Å². The highest BCUT2D eigenvalue weighted by atomic mass is 28.3. The van der Waals surface area contributed by atoms with Crippen LogP contribution in [0.4, 0.5) is 17.1 Å². The average Bonchev–Trinajstić information content (AvgIpc) is 3.88. The molecule has 5 aliphatic heterocycles. The van der Waals surface area contributed by atoms with Crippen molar-refractivity contribution >= 4 is 48.0 Å². The monoisotopic (exact) mass is 889 g/mol. The van der Waals surface area contributed by atoms with Crippen molar-refractivity contribution in [2.75, 3.05) is 48.2 Å². The molecule has 0 saturated carbocycles. The number of aliphatic hydroxyl groups is 1. The molecule has 5 atom stereocenters. The van der Waals surface area contributed by atoms with Gasteiger partial charge < -0.3 is 34.6 Å². The molecule has 3 fully saturated rings. The van der Waals surface area contributed by atoms with E-state index in [0.29, 0.717) is 39.0 Å². The van der Waals surface area contributed by atoms with Crippen LogP contribution >= 0.6 is 0 Å². The van der Waals surface area contributed by atoms with Gasteiger partial charge in [0.15, 0.2) is 5.60 Å². The van der Waals surface area contributed by atoms with Gasteiger partial charge in [0.05, 0.1) is 59.3 Å². The third-order valence-corrected chi connectivity index (χ3v) is 19.9. The first kappa shape index (κ1) is 43.1. The van der Waals surface area contributed by atoms with Crippen LogP contribution in [0.25, 0.3) is 0 Å². The van der Waals surface area contributed by atoms with E-state index in [2.05, 4.69) is 66.6 Å². The van der Waals surface area contributed by atoms with Gasteiger partial charge in [-0.1, -0.05) is 110 Å². The third-order valence-electron chi connectivity index (χ3n) is 15.5. The number of carbonyl (C=O) groups excluding carboxylic acids is 3. The van der Waals surface area contributed by atoms with E-state index < -0.39 is 25.3 Å². The molecule has 5 aliphatic rings. The van der Waals surface area contributed by atoms with Crippen molar-refractivity contribution in [3.8, 4) is 5.75 Å². The standard InChI is InChI=1S/C53H59N5O6Si/c1-36-49(65(3,4)44-22-20-43(63-2)21-23-44)47(31-48(60)55-33-39-16-12-11-15-38(39)29-42(55)34-59)64-53(36)45-30-41(19-24-46(45)56(51(53)62)32-37-13-7-5-8-14-37)57-35-58(40-17-9-6-10-18-40)52(50(57)61)25-27-54-28-26-52/h5-24,30,36,42,47,49,54,59H,25-29,31-35H2,1-4H3/t36-,42-,47+,49-,53+/m0/s1. The van der Waals surface area contributed by atoms with Crippen LogP contribution in [-0.4, -0.2) is 87.0 Å². The van der Waals surface area contributed by atoms with Crippen molar-refractivity contribution in [2.24, 2.45) is 5.92 Å². The molecule has 5 aromatic rings. The van der Waals surface area contributed by atoms with Gasteiger partial charge in [0.1, 0.15) is 11.3 Å². The second kappa shape index (κ2) is 16.9. The van der Waals surface area contributed by atoms with Gasteiger partial charge in [-0.25, -0.2) is 0 Å². The second-order valence-electron chi connectivity index (χ2n) is 19.2. The van der Waals surface area contributed by atoms with E-state index in [-0.39, 0.29) is 48.3 Å². The van der Waals surface area contributed by atoms with Crippen LogP contribution < -0.4 is 29.9 Å². The zero-order valence-electron chi connectivity index (χ0n) is 37.8. The van der Waals surface area contributed by atoms with Crippen molar-refractivity contribution in [2.45, 2.75) is 87.6 Å². The molecule has 3 saturated heterocycles. The molecule has 0 aromatic heterocycles. The van der Waals surface area contributed by atoms with Crippen molar-refractivity contribution in [1.82, 2.24) is 10.2 Å². The Morgan fingerprint density at radius 2 is 1.52 bits per heavy atom. The number of rotatable bonds is 10. The van der Waals surface area contributed by atoms with Crippen LogP contribution in [0.5, 0.6) is 5.75 Å².